The molecule has 1 aliphatic carbocycles. The van der Waals surface area contributed by atoms with E-state index in [0.717, 1.165) is 18.5 Å². The Bertz CT molecular complexity index is 743. The van der Waals surface area contributed by atoms with E-state index in [1.54, 1.807) is 29.4 Å². The van der Waals surface area contributed by atoms with Crippen molar-refractivity contribution in [3.8, 4) is 0 Å². The number of ether oxygens (including phenoxy) is 1. The number of methoxy groups -OCH3 is 1. The van der Waals surface area contributed by atoms with Crippen molar-refractivity contribution in [3.63, 3.8) is 0 Å². The summed E-state index contributed by atoms with van der Waals surface area (Å²) in [7, 11) is 1.33. The molecule has 0 saturated heterocycles. The molecule has 0 spiro atoms. The maximum Gasteiger partial charge on any atom is 0.354 e. The van der Waals surface area contributed by atoms with E-state index in [-0.39, 0.29) is 17.6 Å². The minimum Gasteiger partial charge on any atom is -0.464 e. The fourth-order valence-corrected chi connectivity index (χ4v) is 3.51. The number of hydrogen-bond donors (Lipinski definition) is 0. The summed E-state index contributed by atoms with van der Waals surface area (Å²) in [6.07, 6.45) is 3.40. The summed E-state index contributed by atoms with van der Waals surface area (Å²) in [5.41, 5.74) is 2.22. The first kappa shape index (κ1) is 19.9. The molecular weight excluding hydrogens is 332 g/mol. The van der Waals surface area contributed by atoms with E-state index in [2.05, 4.69) is 6.58 Å². The van der Waals surface area contributed by atoms with Crippen molar-refractivity contribution >= 4 is 17.7 Å². The molecule has 1 fully saturated rings. The number of aromatic nitrogens is 1. The average Bonchev–Trinajstić information content (AvgIpc) is 3.43. The van der Waals surface area contributed by atoms with Gasteiger partial charge in [-0.3, -0.25) is 9.59 Å². The van der Waals surface area contributed by atoms with Crippen LogP contribution < -0.4 is 0 Å². The molecule has 1 aromatic heterocycles. The summed E-state index contributed by atoms with van der Waals surface area (Å²) in [5.74, 6) is -0.591. The van der Waals surface area contributed by atoms with Gasteiger partial charge in [-0.15, -0.1) is 6.58 Å². The predicted molar refractivity (Wildman–Crippen MR) is 99.3 cm³/mol. The van der Waals surface area contributed by atoms with E-state index >= 15 is 0 Å². The van der Waals surface area contributed by atoms with Crippen LogP contribution in [0.5, 0.6) is 0 Å². The van der Waals surface area contributed by atoms with E-state index in [0.29, 0.717) is 29.9 Å². The molecule has 1 unspecified atom stereocenters. The number of carbonyl (C=O) groups is 3. The van der Waals surface area contributed by atoms with Gasteiger partial charge in [0.2, 0.25) is 5.91 Å². The Labute approximate surface area is 154 Å². The lowest BCUT2D eigenvalue weighted by atomic mass is 9.99. The molecule has 142 valence electrons. The minimum atomic E-state index is -0.614. The van der Waals surface area contributed by atoms with Crippen molar-refractivity contribution in [2.24, 2.45) is 5.92 Å². The molecule has 1 atom stereocenters. The van der Waals surface area contributed by atoms with Gasteiger partial charge in [0.15, 0.2) is 5.78 Å². The zero-order chi connectivity index (χ0) is 19.6. The lowest BCUT2D eigenvalue weighted by molar-refractivity contribution is -0.133. The lowest BCUT2D eigenvalue weighted by Crippen LogP contribution is -2.44. The van der Waals surface area contributed by atoms with Crippen molar-refractivity contribution in [2.75, 3.05) is 13.7 Å². The molecule has 0 N–H and O–H groups in total. The van der Waals surface area contributed by atoms with Crippen LogP contribution in [0.4, 0.5) is 0 Å². The number of Topliss-reactive ketones (excluding diaryl/α,β-unsaturated/α-hetero) is 1. The summed E-state index contributed by atoms with van der Waals surface area (Å²) >= 11 is 0. The third-order valence-corrected chi connectivity index (χ3v) is 5.09. The first-order valence-electron chi connectivity index (χ1n) is 9.03. The van der Waals surface area contributed by atoms with Crippen LogP contribution in [0.2, 0.25) is 0 Å². The van der Waals surface area contributed by atoms with Crippen LogP contribution in [0.1, 0.15) is 58.8 Å². The van der Waals surface area contributed by atoms with Gasteiger partial charge < -0.3 is 14.2 Å². The zero-order valence-corrected chi connectivity index (χ0v) is 16.3. The molecule has 0 aliphatic heterocycles. The first-order chi connectivity index (χ1) is 12.3. The Kier molecular flexibility index (Phi) is 6.05. The van der Waals surface area contributed by atoms with Crippen LogP contribution in [-0.4, -0.2) is 46.8 Å². The second kappa shape index (κ2) is 7.89. The van der Waals surface area contributed by atoms with E-state index in [9.17, 15) is 14.4 Å². The van der Waals surface area contributed by atoms with Crippen molar-refractivity contribution in [3.05, 3.63) is 35.2 Å². The van der Waals surface area contributed by atoms with Crippen molar-refractivity contribution in [1.82, 2.24) is 9.47 Å². The third kappa shape index (κ3) is 3.45. The van der Waals surface area contributed by atoms with Gasteiger partial charge >= 0.3 is 5.97 Å². The largest absolute Gasteiger partial charge is 0.464 e. The molecule has 1 aromatic rings. The smallest absolute Gasteiger partial charge is 0.354 e. The Hall–Kier alpha value is -2.37. The van der Waals surface area contributed by atoms with E-state index < -0.39 is 12.0 Å². The highest BCUT2D eigenvalue weighted by Crippen LogP contribution is 2.32. The van der Waals surface area contributed by atoms with Crippen LogP contribution in [-0.2, 0) is 16.1 Å². The Morgan fingerprint density at radius 1 is 1.35 bits per heavy atom. The van der Waals surface area contributed by atoms with Gasteiger partial charge in [-0.1, -0.05) is 6.08 Å². The summed E-state index contributed by atoms with van der Waals surface area (Å²) < 4.78 is 6.68. The van der Waals surface area contributed by atoms with Crippen LogP contribution in [0, 0.1) is 19.8 Å². The summed E-state index contributed by atoms with van der Waals surface area (Å²) in [6.45, 7) is 11.8. The quantitative estimate of drug-likeness (QED) is 0.406. The maximum atomic E-state index is 13.2. The van der Waals surface area contributed by atoms with Gasteiger partial charge in [-0.25, -0.2) is 4.79 Å². The molecule has 2 rings (SSSR count). The van der Waals surface area contributed by atoms with Crippen molar-refractivity contribution in [2.45, 2.75) is 53.1 Å². The second-order valence-electron chi connectivity index (χ2n) is 6.76. The molecule has 6 nitrogen and oxygen atoms in total. The topological polar surface area (TPSA) is 68.6 Å². The number of esters is 1. The number of amides is 1. The first-order valence-corrected chi connectivity index (χ1v) is 9.03. The van der Waals surface area contributed by atoms with Gasteiger partial charge in [-0.05, 0) is 46.1 Å². The van der Waals surface area contributed by atoms with Crippen molar-refractivity contribution in [1.29, 1.82) is 0 Å². The molecule has 1 aliphatic rings. The average molecular weight is 360 g/mol. The lowest BCUT2D eigenvalue weighted by Gasteiger charge is -2.27. The molecule has 26 heavy (non-hydrogen) atoms. The highest BCUT2D eigenvalue weighted by molar-refractivity contribution is 6.06. The van der Waals surface area contributed by atoms with Crippen LogP contribution in [0.25, 0.3) is 0 Å². The summed E-state index contributed by atoms with van der Waals surface area (Å²) in [4.78, 5) is 39.6. The Morgan fingerprint density at radius 2 is 1.96 bits per heavy atom. The Balaban J connectivity index is 2.44. The fraction of sp³-hybridized carbons (Fsp3) is 0.550. The normalized spacial score (nSPS) is 14.7. The van der Waals surface area contributed by atoms with Crippen LogP contribution >= 0.6 is 0 Å². The molecule has 1 amide bonds. The van der Waals surface area contributed by atoms with E-state index in [1.807, 2.05) is 13.8 Å². The van der Waals surface area contributed by atoms with Gasteiger partial charge in [0.25, 0.3) is 0 Å². The third-order valence-electron chi connectivity index (χ3n) is 5.09. The van der Waals surface area contributed by atoms with Gasteiger partial charge in [0, 0.05) is 30.3 Å². The molecular formula is C20H28N2O4. The van der Waals surface area contributed by atoms with Crippen LogP contribution in [0.3, 0.4) is 0 Å². The molecule has 6 heteroatoms. The molecule has 0 bridgehead atoms. The van der Waals surface area contributed by atoms with E-state index in [1.165, 1.54) is 7.11 Å². The fourth-order valence-electron chi connectivity index (χ4n) is 3.51. The highest BCUT2D eigenvalue weighted by atomic mass is 16.5. The van der Waals surface area contributed by atoms with Crippen molar-refractivity contribution < 1.29 is 19.1 Å². The molecule has 1 heterocycles. The molecule has 0 radical (unpaired) electrons. The Morgan fingerprint density at radius 3 is 2.42 bits per heavy atom. The minimum absolute atomic E-state index is 0.00386. The number of ketones is 1. The monoisotopic (exact) mass is 360 g/mol. The SMILES string of the molecule is C=CCN(C(=O)C1CC1)C(C)C(=O)c1c(C)c(C(=O)OC)n(CC)c1C. The predicted octanol–water partition coefficient (Wildman–Crippen LogP) is 2.91. The number of rotatable bonds is 8. The van der Waals surface area contributed by atoms with Crippen LogP contribution in [0.15, 0.2) is 12.7 Å². The van der Waals surface area contributed by atoms with E-state index in [4.69, 9.17) is 4.74 Å². The molecule has 0 aromatic carbocycles. The number of carbonyl (C=O) groups excluding carboxylic acids is 3. The number of hydrogen-bond acceptors (Lipinski definition) is 4. The summed E-state index contributed by atoms with van der Waals surface area (Å²) in [5, 5.41) is 0. The number of nitrogens with zero attached hydrogens (tertiary/aromatic N) is 2. The zero-order valence-electron chi connectivity index (χ0n) is 16.3. The van der Waals surface area contributed by atoms with Gasteiger partial charge in [0.05, 0.1) is 13.2 Å². The standard InChI is InChI=1S/C20H28N2O4/c1-7-11-22(19(24)15-9-10-15)14(5)18(23)16-12(3)17(20(25)26-6)21(8-2)13(16)4/h7,14-15H,1,8-11H2,2-6H3. The van der Waals surface area contributed by atoms with Gasteiger partial charge in [-0.2, -0.15) is 0 Å². The summed E-state index contributed by atoms with van der Waals surface area (Å²) in [6, 6.07) is -0.614. The molecule has 1 saturated carbocycles. The highest BCUT2D eigenvalue weighted by Gasteiger charge is 2.38. The second-order valence-corrected chi connectivity index (χ2v) is 6.76. The maximum absolute atomic E-state index is 13.2. The van der Waals surface area contributed by atoms with Gasteiger partial charge in [0.1, 0.15) is 5.69 Å².